The number of rotatable bonds is 3. The minimum Gasteiger partial charge on any atom is -0.392 e. The number of thioether (sulfide) groups is 1. The van der Waals surface area contributed by atoms with Crippen molar-refractivity contribution in [2.45, 2.75) is 25.6 Å². The van der Waals surface area contributed by atoms with E-state index < -0.39 is 0 Å². The topological polar surface area (TPSA) is 29.5 Å². The normalized spacial score (nSPS) is 34.1. The third kappa shape index (κ3) is 2.65. The minimum absolute atomic E-state index is 0.0994. The molecule has 3 atom stereocenters. The molecule has 2 nitrogen and oxygen atoms in total. The van der Waals surface area contributed by atoms with Crippen molar-refractivity contribution in [3.63, 3.8) is 0 Å². The van der Waals surface area contributed by atoms with Gasteiger partial charge in [-0.25, -0.2) is 0 Å². The van der Waals surface area contributed by atoms with E-state index in [9.17, 15) is 5.11 Å². The van der Waals surface area contributed by atoms with Gasteiger partial charge in [-0.3, -0.25) is 0 Å². The first-order valence-electron chi connectivity index (χ1n) is 4.02. The van der Waals surface area contributed by atoms with Crippen LogP contribution in [0.25, 0.3) is 0 Å². The number of methoxy groups -OCH3 is 1. The van der Waals surface area contributed by atoms with Gasteiger partial charge in [0.15, 0.2) is 0 Å². The van der Waals surface area contributed by atoms with Crippen molar-refractivity contribution < 1.29 is 9.84 Å². The second-order valence-corrected chi connectivity index (χ2v) is 4.22. The van der Waals surface area contributed by atoms with Crippen molar-refractivity contribution in [1.29, 1.82) is 0 Å². The summed E-state index contributed by atoms with van der Waals surface area (Å²) in [5.41, 5.74) is 0. The van der Waals surface area contributed by atoms with Crippen LogP contribution in [-0.2, 0) is 4.74 Å². The van der Waals surface area contributed by atoms with E-state index in [1.54, 1.807) is 7.11 Å². The third-order valence-corrected chi connectivity index (χ3v) is 3.44. The minimum atomic E-state index is -0.0994. The van der Waals surface area contributed by atoms with Crippen LogP contribution in [0.1, 0.15) is 13.3 Å². The highest BCUT2D eigenvalue weighted by atomic mass is 32.2. The van der Waals surface area contributed by atoms with Crippen molar-refractivity contribution >= 4 is 11.8 Å². The van der Waals surface area contributed by atoms with Crippen LogP contribution in [0.15, 0.2) is 0 Å². The van der Waals surface area contributed by atoms with Gasteiger partial charge in [0.2, 0.25) is 0 Å². The van der Waals surface area contributed by atoms with E-state index in [2.05, 4.69) is 6.92 Å². The maximum absolute atomic E-state index is 9.46. The van der Waals surface area contributed by atoms with Gasteiger partial charge >= 0.3 is 0 Å². The molecule has 1 fully saturated rings. The smallest absolute Gasteiger partial charge is 0.0667 e. The Morgan fingerprint density at radius 1 is 1.64 bits per heavy atom. The van der Waals surface area contributed by atoms with Crippen LogP contribution in [0.2, 0.25) is 0 Å². The van der Waals surface area contributed by atoms with Crippen LogP contribution in [0, 0.1) is 5.92 Å². The molecule has 0 aromatic carbocycles. The summed E-state index contributed by atoms with van der Waals surface area (Å²) in [5, 5.41) is 9.46. The summed E-state index contributed by atoms with van der Waals surface area (Å²) < 4.78 is 5.14. The highest BCUT2D eigenvalue weighted by Gasteiger charge is 2.26. The molecule has 0 saturated carbocycles. The van der Waals surface area contributed by atoms with Crippen LogP contribution in [-0.4, -0.2) is 35.9 Å². The molecule has 66 valence electrons. The van der Waals surface area contributed by atoms with Gasteiger partial charge < -0.3 is 9.84 Å². The molecule has 0 bridgehead atoms. The summed E-state index contributed by atoms with van der Waals surface area (Å²) in [6.45, 7) is 2.05. The Bertz CT molecular complexity index is 119. The van der Waals surface area contributed by atoms with Crippen molar-refractivity contribution in [2.24, 2.45) is 5.92 Å². The molecule has 1 aliphatic rings. The Labute approximate surface area is 72.3 Å². The second-order valence-electron chi connectivity index (χ2n) is 3.15. The van der Waals surface area contributed by atoms with Gasteiger partial charge in [0.05, 0.1) is 12.2 Å². The van der Waals surface area contributed by atoms with E-state index in [1.165, 1.54) is 0 Å². The SMILES string of the molecule is COC(C)CC1CSCC1O. The lowest BCUT2D eigenvalue weighted by Gasteiger charge is -2.17. The van der Waals surface area contributed by atoms with Crippen molar-refractivity contribution in [1.82, 2.24) is 0 Å². The van der Waals surface area contributed by atoms with Crippen LogP contribution < -0.4 is 0 Å². The van der Waals surface area contributed by atoms with Crippen LogP contribution >= 0.6 is 11.8 Å². The lowest BCUT2D eigenvalue weighted by Crippen LogP contribution is -2.22. The molecule has 11 heavy (non-hydrogen) atoms. The maximum atomic E-state index is 9.46. The van der Waals surface area contributed by atoms with Crippen molar-refractivity contribution in [2.75, 3.05) is 18.6 Å². The molecule has 0 amide bonds. The van der Waals surface area contributed by atoms with E-state index >= 15 is 0 Å². The fraction of sp³-hybridized carbons (Fsp3) is 1.00. The average Bonchev–Trinajstić information content (AvgIpc) is 2.37. The molecule has 1 N–H and O–H groups in total. The fourth-order valence-corrected chi connectivity index (χ4v) is 2.65. The summed E-state index contributed by atoms with van der Waals surface area (Å²) >= 11 is 1.84. The Kier molecular flexibility index (Phi) is 3.69. The zero-order valence-electron chi connectivity index (χ0n) is 7.12. The quantitative estimate of drug-likeness (QED) is 0.699. The number of aliphatic hydroxyl groups excluding tert-OH is 1. The van der Waals surface area contributed by atoms with Gasteiger partial charge in [0, 0.05) is 12.9 Å². The van der Waals surface area contributed by atoms with E-state index in [0.29, 0.717) is 5.92 Å². The number of aliphatic hydroxyl groups is 1. The second kappa shape index (κ2) is 4.33. The molecule has 1 rings (SSSR count). The Morgan fingerprint density at radius 2 is 2.36 bits per heavy atom. The largest absolute Gasteiger partial charge is 0.392 e. The van der Waals surface area contributed by atoms with Crippen LogP contribution in [0.4, 0.5) is 0 Å². The maximum Gasteiger partial charge on any atom is 0.0667 e. The Hall–Kier alpha value is 0.270. The number of hydrogen-bond donors (Lipinski definition) is 1. The van der Waals surface area contributed by atoms with Crippen molar-refractivity contribution in [3.8, 4) is 0 Å². The highest BCUT2D eigenvalue weighted by molar-refractivity contribution is 7.99. The monoisotopic (exact) mass is 176 g/mol. The highest BCUT2D eigenvalue weighted by Crippen LogP contribution is 2.28. The zero-order chi connectivity index (χ0) is 8.27. The molecule has 3 unspecified atom stereocenters. The van der Waals surface area contributed by atoms with Gasteiger partial charge in [-0.1, -0.05) is 0 Å². The first-order valence-corrected chi connectivity index (χ1v) is 5.18. The van der Waals surface area contributed by atoms with Gasteiger partial charge in [-0.2, -0.15) is 11.8 Å². The predicted molar refractivity (Wildman–Crippen MR) is 47.9 cm³/mol. The summed E-state index contributed by atoms with van der Waals surface area (Å²) in [6.07, 6.45) is 1.18. The molecule has 0 aliphatic carbocycles. The summed E-state index contributed by atoms with van der Waals surface area (Å²) in [5.74, 6) is 2.45. The lowest BCUT2D eigenvalue weighted by atomic mass is 9.99. The number of hydrogen-bond acceptors (Lipinski definition) is 3. The van der Waals surface area contributed by atoms with Gasteiger partial charge in [0.25, 0.3) is 0 Å². The first kappa shape index (κ1) is 9.36. The average molecular weight is 176 g/mol. The predicted octanol–water partition coefficient (Wildman–Crippen LogP) is 1.14. The van der Waals surface area contributed by atoms with Gasteiger partial charge in [-0.15, -0.1) is 0 Å². The van der Waals surface area contributed by atoms with E-state index in [-0.39, 0.29) is 12.2 Å². The van der Waals surface area contributed by atoms with Crippen LogP contribution in [0.5, 0.6) is 0 Å². The molecule has 0 radical (unpaired) electrons. The van der Waals surface area contributed by atoms with E-state index in [1.807, 2.05) is 11.8 Å². The van der Waals surface area contributed by atoms with E-state index in [0.717, 1.165) is 17.9 Å². The summed E-state index contributed by atoms with van der Waals surface area (Å²) in [7, 11) is 1.72. The molecule has 1 heterocycles. The van der Waals surface area contributed by atoms with Gasteiger partial charge in [-0.05, 0) is 25.0 Å². The molecule has 1 saturated heterocycles. The molecule has 0 aromatic rings. The number of ether oxygens (including phenoxy) is 1. The standard InChI is InChI=1S/C8H16O2S/c1-6(10-2)3-7-4-11-5-8(7)9/h6-9H,3-5H2,1-2H3. The summed E-state index contributed by atoms with van der Waals surface area (Å²) in [4.78, 5) is 0. The molecule has 3 heteroatoms. The van der Waals surface area contributed by atoms with Gasteiger partial charge in [0.1, 0.15) is 0 Å². The molecular formula is C8H16O2S. The fourth-order valence-electron chi connectivity index (χ4n) is 1.34. The lowest BCUT2D eigenvalue weighted by molar-refractivity contribution is 0.0661. The third-order valence-electron chi connectivity index (χ3n) is 2.20. The van der Waals surface area contributed by atoms with Crippen LogP contribution in [0.3, 0.4) is 0 Å². The molecule has 0 spiro atoms. The molecule has 0 aromatic heterocycles. The summed E-state index contributed by atoms with van der Waals surface area (Å²) in [6, 6.07) is 0. The zero-order valence-corrected chi connectivity index (χ0v) is 7.93. The first-order chi connectivity index (χ1) is 5.24. The molecule has 1 aliphatic heterocycles. The van der Waals surface area contributed by atoms with E-state index in [4.69, 9.17) is 4.74 Å². The Balaban J connectivity index is 2.24. The van der Waals surface area contributed by atoms with Crippen molar-refractivity contribution in [3.05, 3.63) is 0 Å². The Morgan fingerprint density at radius 3 is 2.82 bits per heavy atom. The molecular weight excluding hydrogens is 160 g/mol.